The SMILES string of the molecule is CN1C[C@@H](F)C[C@@H](NC(=O)OC(C)(C)C)C1. The van der Waals surface area contributed by atoms with E-state index in [1.165, 1.54) is 0 Å². The minimum atomic E-state index is -0.876. The van der Waals surface area contributed by atoms with Crippen LogP contribution in [0.15, 0.2) is 0 Å². The first-order chi connectivity index (χ1) is 7.26. The van der Waals surface area contributed by atoms with Gasteiger partial charge in [0.2, 0.25) is 0 Å². The van der Waals surface area contributed by atoms with E-state index < -0.39 is 17.9 Å². The van der Waals surface area contributed by atoms with Crippen molar-refractivity contribution in [3.05, 3.63) is 0 Å². The monoisotopic (exact) mass is 232 g/mol. The van der Waals surface area contributed by atoms with E-state index in [0.717, 1.165) is 0 Å². The topological polar surface area (TPSA) is 41.6 Å². The molecule has 1 heterocycles. The lowest BCUT2D eigenvalue weighted by Crippen LogP contribution is -2.51. The Kier molecular flexibility index (Phi) is 4.13. The maximum Gasteiger partial charge on any atom is 0.407 e. The highest BCUT2D eigenvalue weighted by atomic mass is 19.1. The molecule has 2 atom stereocenters. The Balaban J connectivity index is 2.39. The molecule has 0 saturated carbocycles. The molecule has 0 unspecified atom stereocenters. The number of alkyl carbamates (subject to hydrolysis) is 1. The number of nitrogens with one attached hydrogen (secondary N) is 1. The standard InChI is InChI=1S/C11H21FN2O2/c1-11(2,3)16-10(15)13-9-5-8(12)6-14(4)7-9/h8-9H,5-7H2,1-4H3,(H,13,15)/t8-,9+/m0/s1. The van der Waals surface area contributed by atoms with Crippen molar-refractivity contribution in [1.29, 1.82) is 0 Å². The van der Waals surface area contributed by atoms with Gasteiger partial charge in [-0.15, -0.1) is 0 Å². The van der Waals surface area contributed by atoms with Crippen LogP contribution in [0.2, 0.25) is 0 Å². The number of carbonyl (C=O) groups excluding carboxylic acids is 1. The number of carbonyl (C=O) groups is 1. The van der Waals surface area contributed by atoms with E-state index in [1.807, 2.05) is 11.9 Å². The molecule has 1 aliphatic heterocycles. The number of alkyl halides is 1. The molecule has 94 valence electrons. The molecule has 0 aromatic rings. The zero-order valence-electron chi connectivity index (χ0n) is 10.4. The highest BCUT2D eigenvalue weighted by Crippen LogP contribution is 2.13. The summed E-state index contributed by atoms with van der Waals surface area (Å²) >= 11 is 0. The van der Waals surface area contributed by atoms with Crippen molar-refractivity contribution >= 4 is 6.09 Å². The first-order valence-corrected chi connectivity index (χ1v) is 5.58. The molecule has 1 N–H and O–H groups in total. The third-order valence-electron chi connectivity index (χ3n) is 2.30. The number of nitrogens with zero attached hydrogens (tertiary/aromatic N) is 1. The molecule has 1 fully saturated rings. The average molecular weight is 232 g/mol. The predicted molar refractivity (Wildman–Crippen MR) is 60.2 cm³/mol. The van der Waals surface area contributed by atoms with Crippen molar-refractivity contribution in [1.82, 2.24) is 10.2 Å². The first kappa shape index (κ1) is 13.2. The van der Waals surface area contributed by atoms with Crippen molar-refractivity contribution in [3.63, 3.8) is 0 Å². The fraction of sp³-hybridized carbons (Fsp3) is 0.909. The Morgan fingerprint density at radius 2 is 2.06 bits per heavy atom. The summed E-state index contributed by atoms with van der Waals surface area (Å²) < 4.78 is 18.4. The summed E-state index contributed by atoms with van der Waals surface area (Å²) in [6, 6.07) is -0.163. The van der Waals surface area contributed by atoms with Crippen molar-refractivity contribution in [3.8, 4) is 0 Å². The number of rotatable bonds is 1. The molecule has 4 nitrogen and oxygen atoms in total. The number of likely N-dealkylation sites (tertiary alicyclic amines) is 1. The molecule has 0 spiro atoms. The average Bonchev–Trinajstić information content (AvgIpc) is 1.96. The number of hydrogen-bond acceptors (Lipinski definition) is 3. The molecular formula is C11H21FN2O2. The number of piperidine rings is 1. The van der Waals surface area contributed by atoms with Gasteiger partial charge < -0.3 is 15.0 Å². The van der Waals surface area contributed by atoms with Gasteiger partial charge in [0, 0.05) is 25.6 Å². The van der Waals surface area contributed by atoms with Crippen LogP contribution in [0.25, 0.3) is 0 Å². The Labute approximate surface area is 96.1 Å². The molecule has 0 radical (unpaired) electrons. The maximum absolute atomic E-state index is 13.2. The van der Waals surface area contributed by atoms with E-state index in [-0.39, 0.29) is 6.04 Å². The first-order valence-electron chi connectivity index (χ1n) is 5.58. The van der Waals surface area contributed by atoms with E-state index in [2.05, 4.69) is 5.32 Å². The molecule has 1 aliphatic rings. The van der Waals surface area contributed by atoms with Crippen molar-refractivity contribution in [2.24, 2.45) is 0 Å². The van der Waals surface area contributed by atoms with Crippen LogP contribution in [-0.4, -0.2) is 48.9 Å². The van der Waals surface area contributed by atoms with Gasteiger partial charge in [0.1, 0.15) is 11.8 Å². The second kappa shape index (κ2) is 4.99. The second-order valence-corrected chi connectivity index (χ2v) is 5.40. The van der Waals surface area contributed by atoms with E-state index >= 15 is 0 Å². The number of halogens is 1. The quantitative estimate of drug-likeness (QED) is 0.746. The Hall–Kier alpha value is -0.840. The van der Waals surface area contributed by atoms with Gasteiger partial charge in [-0.2, -0.15) is 0 Å². The summed E-state index contributed by atoms with van der Waals surface area (Å²) in [5.74, 6) is 0. The highest BCUT2D eigenvalue weighted by Gasteiger charge is 2.27. The summed E-state index contributed by atoms with van der Waals surface area (Å²) in [5, 5.41) is 2.69. The fourth-order valence-corrected chi connectivity index (χ4v) is 1.83. The van der Waals surface area contributed by atoms with Crippen LogP contribution < -0.4 is 5.32 Å². The van der Waals surface area contributed by atoms with Crippen molar-refractivity contribution < 1.29 is 13.9 Å². The maximum atomic E-state index is 13.2. The lowest BCUT2D eigenvalue weighted by Gasteiger charge is -2.32. The van der Waals surface area contributed by atoms with Crippen LogP contribution in [0.5, 0.6) is 0 Å². The van der Waals surface area contributed by atoms with Gasteiger partial charge in [-0.3, -0.25) is 0 Å². The number of hydrogen-bond donors (Lipinski definition) is 1. The predicted octanol–water partition coefficient (Wildman–Crippen LogP) is 1.55. The molecule has 1 saturated heterocycles. The van der Waals surface area contributed by atoms with E-state index in [9.17, 15) is 9.18 Å². The van der Waals surface area contributed by atoms with Gasteiger partial charge in [0.05, 0.1) is 0 Å². The molecule has 0 aromatic heterocycles. The van der Waals surface area contributed by atoms with Crippen LogP contribution in [0.1, 0.15) is 27.2 Å². The van der Waals surface area contributed by atoms with E-state index in [4.69, 9.17) is 4.74 Å². The fourth-order valence-electron chi connectivity index (χ4n) is 1.83. The van der Waals surface area contributed by atoms with Gasteiger partial charge in [0.15, 0.2) is 0 Å². The summed E-state index contributed by atoms with van der Waals surface area (Å²) in [7, 11) is 1.84. The van der Waals surface area contributed by atoms with Gasteiger partial charge in [-0.25, -0.2) is 9.18 Å². The number of ether oxygens (including phenoxy) is 1. The zero-order valence-corrected chi connectivity index (χ0v) is 10.4. The molecule has 0 bridgehead atoms. The third kappa shape index (κ3) is 4.79. The molecule has 0 aliphatic carbocycles. The summed E-state index contributed by atoms with van der Waals surface area (Å²) in [6.07, 6.45) is -0.984. The second-order valence-electron chi connectivity index (χ2n) is 5.40. The van der Waals surface area contributed by atoms with Gasteiger partial charge in [-0.05, 0) is 27.8 Å². The summed E-state index contributed by atoms with van der Waals surface area (Å²) in [5.41, 5.74) is -0.514. The van der Waals surface area contributed by atoms with E-state index in [1.54, 1.807) is 20.8 Å². The van der Waals surface area contributed by atoms with Gasteiger partial charge in [0.25, 0.3) is 0 Å². The summed E-state index contributed by atoms with van der Waals surface area (Å²) in [6.45, 7) is 6.51. The Morgan fingerprint density at radius 1 is 1.44 bits per heavy atom. The largest absolute Gasteiger partial charge is 0.444 e. The molecule has 5 heteroatoms. The van der Waals surface area contributed by atoms with Gasteiger partial charge in [-0.1, -0.05) is 0 Å². The van der Waals surface area contributed by atoms with E-state index in [0.29, 0.717) is 19.5 Å². The smallest absolute Gasteiger partial charge is 0.407 e. The normalized spacial score (nSPS) is 27.6. The van der Waals surface area contributed by atoms with Crippen LogP contribution in [0, 0.1) is 0 Å². The molecule has 16 heavy (non-hydrogen) atoms. The lowest BCUT2D eigenvalue weighted by atomic mass is 10.1. The third-order valence-corrected chi connectivity index (χ3v) is 2.30. The minimum absolute atomic E-state index is 0.163. The zero-order chi connectivity index (χ0) is 12.3. The van der Waals surface area contributed by atoms with Crippen LogP contribution in [0.3, 0.4) is 0 Å². The summed E-state index contributed by atoms with van der Waals surface area (Å²) in [4.78, 5) is 13.3. The molecule has 1 amide bonds. The number of amides is 1. The molecule has 0 aromatic carbocycles. The van der Waals surface area contributed by atoms with Crippen LogP contribution >= 0.6 is 0 Å². The van der Waals surface area contributed by atoms with Crippen molar-refractivity contribution in [2.45, 2.75) is 45.0 Å². The van der Waals surface area contributed by atoms with Crippen LogP contribution in [0.4, 0.5) is 9.18 Å². The number of likely N-dealkylation sites (N-methyl/N-ethyl adjacent to an activating group) is 1. The molecule has 1 rings (SSSR count). The lowest BCUT2D eigenvalue weighted by molar-refractivity contribution is 0.0448. The minimum Gasteiger partial charge on any atom is -0.444 e. The molecular weight excluding hydrogens is 211 g/mol. The van der Waals surface area contributed by atoms with Crippen molar-refractivity contribution in [2.75, 3.05) is 20.1 Å². The highest BCUT2D eigenvalue weighted by molar-refractivity contribution is 5.68. The van der Waals surface area contributed by atoms with Gasteiger partial charge >= 0.3 is 6.09 Å². The van der Waals surface area contributed by atoms with Crippen LogP contribution in [-0.2, 0) is 4.74 Å². The Morgan fingerprint density at radius 3 is 2.56 bits per heavy atom. The Bertz CT molecular complexity index is 243.